The Kier molecular flexibility index (Phi) is 4.85. The lowest BCUT2D eigenvalue weighted by molar-refractivity contribution is 0.0946. The lowest BCUT2D eigenvalue weighted by Crippen LogP contribution is -2.23. The largest absolute Gasteiger partial charge is 0.350 e. The Morgan fingerprint density at radius 1 is 1.00 bits per heavy atom. The van der Waals surface area contributed by atoms with E-state index in [2.05, 4.69) is 15.3 Å². The SMILES string of the molecule is O=C(NCc1ccc(S(=O)(=O)c2ccc(F)cc2)cc1)c1cc2cnccc2[nH]1. The molecular formula is C21H16FN3O3S. The van der Waals surface area contributed by atoms with Crippen LogP contribution in [0.15, 0.2) is 82.8 Å². The molecule has 29 heavy (non-hydrogen) atoms. The molecule has 0 aliphatic rings. The normalized spacial score (nSPS) is 11.5. The van der Waals surface area contributed by atoms with Crippen molar-refractivity contribution in [2.45, 2.75) is 16.3 Å². The summed E-state index contributed by atoms with van der Waals surface area (Å²) >= 11 is 0. The number of aromatic amines is 1. The highest BCUT2D eigenvalue weighted by Crippen LogP contribution is 2.21. The molecular weight excluding hydrogens is 393 g/mol. The summed E-state index contributed by atoms with van der Waals surface area (Å²) in [6.45, 7) is 0.239. The lowest BCUT2D eigenvalue weighted by atomic mass is 10.2. The zero-order valence-corrected chi connectivity index (χ0v) is 15.9. The van der Waals surface area contributed by atoms with Crippen LogP contribution in [0.3, 0.4) is 0 Å². The van der Waals surface area contributed by atoms with Crippen LogP contribution in [0.4, 0.5) is 4.39 Å². The Balaban J connectivity index is 1.45. The average molecular weight is 409 g/mol. The van der Waals surface area contributed by atoms with Crippen LogP contribution >= 0.6 is 0 Å². The van der Waals surface area contributed by atoms with Crippen molar-refractivity contribution < 1.29 is 17.6 Å². The minimum absolute atomic E-state index is 0.0215. The van der Waals surface area contributed by atoms with E-state index in [-0.39, 0.29) is 22.2 Å². The average Bonchev–Trinajstić information content (AvgIpc) is 3.17. The minimum Gasteiger partial charge on any atom is -0.350 e. The van der Waals surface area contributed by atoms with Gasteiger partial charge < -0.3 is 10.3 Å². The van der Waals surface area contributed by atoms with Gasteiger partial charge in [-0.25, -0.2) is 12.8 Å². The van der Waals surface area contributed by atoms with Crippen LogP contribution in [0.25, 0.3) is 10.9 Å². The van der Waals surface area contributed by atoms with Gasteiger partial charge in [0.1, 0.15) is 11.5 Å². The van der Waals surface area contributed by atoms with Crippen LogP contribution in [0.2, 0.25) is 0 Å². The van der Waals surface area contributed by atoms with Gasteiger partial charge in [-0.3, -0.25) is 9.78 Å². The van der Waals surface area contributed by atoms with E-state index >= 15 is 0 Å². The zero-order chi connectivity index (χ0) is 20.4. The van der Waals surface area contributed by atoms with E-state index in [0.29, 0.717) is 5.69 Å². The van der Waals surface area contributed by atoms with E-state index in [4.69, 9.17) is 0 Å². The second-order valence-electron chi connectivity index (χ2n) is 6.43. The van der Waals surface area contributed by atoms with Crippen LogP contribution in [-0.2, 0) is 16.4 Å². The van der Waals surface area contributed by atoms with E-state index in [0.717, 1.165) is 28.6 Å². The summed E-state index contributed by atoms with van der Waals surface area (Å²) in [6.07, 6.45) is 3.31. The smallest absolute Gasteiger partial charge is 0.267 e. The third kappa shape index (κ3) is 3.88. The van der Waals surface area contributed by atoms with Crippen molar-refractivity contribution in [2.75, 3.05) is 0 Å². The summed E-state index contributed by atoms with van der Waals surface area (Å²) < 4.78 is 38.2. The van der Waals surface area contributed by atoms with Crippen molar-refractivity contribution >= 4 is 26.6 Å². The number of rotatable bonds is 5. The quantitative estimate of drug-likeness (QED) is 0.494. The van der Waals surface area contributed by atoms with Crippen molar-refractivity contribution in [1.82, 2.24) is 15.3 Å². The van der Waals surface area contributed by atoms with E-state index in [1.165, 1.54) is 24.3 Å². The van der Waals surface area contributed by atoms with Gasteiger partial charge in [-0.15, -0.1) is 0 Å². The van der Waals surface area contributed by atoms with Crippen LogP contribution in [0.1, 0.15) is 16.1 Å². The number of nitrogens with one attached hydrogen (secondary N) is 2. The Labute approximate surface area is 166 Å². The predicted octanol–water partition coefficient (Wildman–Crippen LogP) is 3.46. The molecule has 2 N–H and O–H groups in total. The van der Waals surface area contributed by atoms with E-state index in [1.54, 1.807) is 36.7 Å². The minimum atomic E-state index is -3.73. The van der Waals surface area contributed by atoms with Crippen molar-refractivity contribution in [3.63, 3.8) is 0 Å². The maximum atomic E-state index is 13.0. The molecule has 0 aliphatic heterocycles. The molecule has 4 aromatic rings. The van der Waals surface area contributed by atoms with Gasteiger partial charge in [0.15, 0.2) is 0 Å². The van der Waals surface area contributed by atoms with Gasteiger partial charge in [-0.2, -0.15) is 0 Å². The van der Waals surface area contributed by atoms with Gasteiger partial charge in [0, 0.05) is 29.8 Å². The van der Waals surface area contributed by atoms with Gasteiger partial charge >= 0.3 is 0 Å². The molecule has 0 unspecified atom stereocenters. The standard InChI is InChI=1S/C21H16FN3O3S/c22-16-3-7-18(8-4-16)29(27,28)17-5-1-14(2-6-17)12-24-21(26)20-11-15-13-23-10-9-19(15)25-20/h1-11,13,25H,12H2,(H,24,26). The van der Waals surface area contributed by atoms with Gasteiger partial charge in [0.2, 0.25) is 9.84 Å². The van der Waals surface area contributed by atoms with Gasteiger partial charge in [-0.05, 0) is 54.1 Å². The molecule has 0 radical (unpaired) electrons. The van der Waals surface area contributed by atoms with Gasteiger partial charge in [-0.1, -0.05) is 12.1 Å². The molecule has 0 aliphatic carbocycles. The fourth-order valence-corrected chi connectivity index (χ4v) is 4.17. The fourth-order valence-electron chi connectivity index (χ4n) is 2.91. The molecule has 0 saturated heterocycles. The van der Waals surface area contributed by atoms with E-state index in [9.17, 15) is 17.6 Å². The Morgan fingerprint density at radius 2 is 1.66 bits per heavy atom. The highest BCUT2D eigenvalue weighted by molar-refractivity contribution is 7.91. The van der Waals surface area contributed by atoms with Gasteiger partial charge in [0.25, 0.3) is 5.91 Å². The summed E-state index contributed by atoms with van der Waals surface area (Å²) in [5, 5.41) is 3.63. The van der Waals surface area contributed by atoms with Crippen LogP contribution in [0, 0.1) is 5.82 Å². The van der Waals surface area contributed by atoms with Crippen LogP contribution < -0.4 is 5.32 Å². The molecule has 0 bridgehead atoms. The fraction of sp³-hybridized carbons (Fsp3) is 0.0476. The number of H-pyrrole nitrogens is 1. The summed E-state index contributed by atoms with van der Waals surface area (Å²) in [5.41, 5.74) is 1.98. The third-order valence-electron chi connectivity index (χ3n) is 4.48. The highest BCUT2D eigenvalue weighted by atomic mass is 32.2. The Hall–Kier alpha value is -3.52. The second kappa shape index (κ2) is 7.48. The summed E-state index contributed by atoms with van der Waals surface area (Å²) in [5.74, 6) is -0.773. The number of pyridine rings is 1. The molecule has 2 aromatic heterocycles. The Morgan fingerprint density at radius 3 is 2.31 bits per heavy atom. The predicted molar refractivity (Wildman–Crippen MR) is 106 cm³/mol. The number of carbonyl (C=O) groups excluding carboxylic acids is 1. The number of aromatic nitrogens is 2. The van der Waals surface area contributed by atoms with E-state index < -0.39 is 15.7 Å². The first kappa shape index (κ1) is 18.8. The number of hydrogen-bond donors (Lipinski definition) is 2. The third-order valence-corrected chi connectivity index (χ3v) is 6.26. The molecule has 146 valence electrons. The first-order valence-corrected chi connectivity index (χ1v) is 10.2. The monoisotopic (exact) mass is 409 g/mol. The number of sulfone groups is 1. The molecule has 2 heterocycles. The summed E-state index contributed by atoms with van der Waals surface area (Å²) in [7, 11) is -3.73. The second-order valence-corrected chi connectivity index (χ2v) is 8.38. The topological polar surface area (TPSA) is 91.9 Å². The Bertz CT molecular complexity index is 1250. The van der Waals surface area contributed by atoms with Crippen molar-refractivity contribution in [1.29, 1.82) is 0 Å². The number of halogens is 1. The maximum absolute atomic E-state index is 13.0. The summed E-state index contributed by atoms with van der Waals surface area (Å²) in [4.78, 5) is 19.5. The molecule has 0 fully saturated rings. The van der Waals surface area contributed by atoms with Crippen molar-refractivity contribution in [3.05, 3.63) is 90.1 Å². The zero-order valence-electron chi connectivity index (χ0n) is 15.1. The number of nitrogens with zero attached hydrogens (tertiary/aromatic N) is 1. The number of carbonyl (C=O) groups is 1. The molecule has 4 rings (SSSR count). The maximum Gasteiger partial charge on any atom is 0.267 e. The van der Waals surface area contributed by atoms with Crippen LogP contribution in [0.5, 0.6) is 0 Å². The first-order valence-electron chi connectivity index (χ1n) is 8.74. The molecule has 0 spiro atoms. The van der Waals surface area contributed by atoms with Gasteiger partial charge in [0.05, 0.1) is 9.79 Å². The van der Waals surface area contributed by atoms with Crippen molar-refractivity contribution in [2.24, 2.45) is 0 Å². The molecule has 1 amide bonds. The van der Waals surface area contributed by atoms with E-state index in [1.807, 2.05) is 0 Å². The summed E-state index contributed by atoms with van der Waals surface area (Å²) in [6, 6.07) is 14.4. The molecule has 6 nitrogen and oxygen atoms in total. The van der Waals surface area contributed by atoms with Crippen molar-refractivity contribution in [3.8, 4) is 0 Å². The number of amides is 1. The molecule has 2 aromatic carbocycles. The molecule has 0 atom stereocenters. The van der Waals surface area contributed by atoms with Crippen LogP contribution in [-0.4, -0.2) is 24.3 Å². The first-order chi connectivity index (χ1) is 13.9. The number of hydrogen-bond acceptors (Lipinski definition) is 4. The number of fused-ring (bicyclic) bond motifs is 1. The number of benzene rings is 2. The molecule has 0 saturated carbocycles. The lowest BCUT2D eigenvalue weighted by Gasteiger charge is -2.07. The molecule has 8 heteroatoms. The highest BCUT2D eigenvalue weighted by Gasteiger charge is 2.17.